The Morgan fingerprint density at radius 1 is 1.33 bits per heavy atom. The SMILES string of the molecule is CCCOC1CCCN(C(=O)Nc2cccc(N(C)C)c2C)CC1. The molecule has 5 heteroatoms. The molecule has 1 aliphatic rings. The first kappa shape index (κ1) is 18.6. The molecule has 1 unspecified atom stereocenters. The van der Waals surface area contributed by atoms with Crippen molar-refractivity contribution in [2.45, 2.75) is 45.6 Å². The van der Waals surface area contributed by atoms with Gasteiger partial charge in [0.05, 0.1) is 6.10 Å². The van der Waals surface area contributed by atoms with Gasteiger partial charge in [-0.05, 0) is 50.3 Å². The summed E-state index contributed by atoms with van der Waals surface area (Å²) in [5.74, 6) is 0. The molecule has 1 aromatic rings. The number of likely N-dealkylation sites (tertiary alicyclic amines) is 1. The Morgan fingerprint density at radius 2 is 2.12 bits per heavy atom. The van der Waals surface area contributed by atoms with Crippen molar-refractivity contribution in [1.29, 1.82) is 0 Å². The zero-order valence-electron chi connectivity index (χ0n) is 15.5. The highest BCUT2D eigenvalue weighted by Gasteiger charge is 2.21. The van der Waals surface area contributed by atoms with Gasteiger partial charge in [0, 0.05) is 45.2 Å². The topological polar surface area (TPSA) is 44.8 Å². The molecule has 1 fully saturated rings. The van der Waals surface area contributed by atoms with E-state index in [0.717, 1.165) is 62.3 Å². The average molecular weight is 333 g/mol. The standard InChI is InChI=1S/C19H31N3O2/c1-5-14-24-16-8-7-12-22(13-11-16)19(23)20-17-9-6-10-18(15(17)2)21(3)4/h6,9-10,16H,5,7-8,11-14H2,1-4H3,(H,20,23). The summed E-state index contributed by atoms with van der Waals surface area (Å²) < 4.78 is 5.86. The van der Waals surface area contributed by atoms with Crippen LogP contribution in [-0.2, 0) is 4.74 Å². The third-order valence-corrected chi connectivity index (χ3v) is 4.55. The maximum atomic E-state index is 12.6. The van der Waals surface area contributed by atoms with Gasteiger partial charge in [-0.25, -0.2) is 4.79 Å². The normalized spacial score (nSPS) is 18.2. The van der Waals surface area contributed by atoms with Crippen LogP contribution in [0.3, 0.4) is 0 Å². The van der Waals surface area contributed by atoms with Crippen LogP contribution in [0.15, 0.2) is 18.2 Å². The Hall–Kier alpha value is -1.75. The van der Waals surface area contributed by atoms with Gasteiger partial charge in [0.2, 0.25) is 0 Å². The number of anilines is 2. The van der Waals surface area contributed by atoms with E-state index in [2.05, 4.69) is 23.2 Å². The fourth-order valence-corrected chi connectivity index (χ4v) is 3.16. The largest absolute Gasteiger partial charge is 0.378 e. The Bertz CT molecular complexity index is 545. The van der Waals surface area contributed by atoms with Crippen LogP contribution in [0.5, 0.6) is 0 Å². The number of carbonyl (C=O) groups excluding carboxylic acids is 1. The first-order chi connectivity index (χ1) is 11.5. The van der Waals surface area contributed by atoms with Gasteiger partial charge >= 0.3 is 6.03 Å². The second-order valence-corrected chi connectivity index (χ2v) is 6.69. The van der Waals surface area contributed by atoms with Crippen LogP contribution in [-0.4, -0.2) is 50.8 Å². The maximum Gasteiger partial charge on any atom is 0.321 e. The third-order valence-electron chi connectivity index (χ3n) is 4.55. The molecule has 24 heavy (non-hydrogen) atoms. The van der Waals surface area contributed by atoms with Crippen LogP contribution in [0.2, 0.25) is 0 Å². The van der Waals surface area contributed by atoms with E-state index in [1.165, 1.54) is 0 Å². The van der Waals surface area contributed by atoms with E-state index in [0.29, 0.717) is 6.10 Å². The number of rotatable bonds is 5. The molecule has 1 saturated heterocycles. The molecule has 5 nitrogen and oxygen atoms in total. The first-order valence-corrected chi connectivity index (χ1v) is 8.97. The van der Waals surface area contributed by atoms with E-state index in [-0.39, 0.29) is 6.03 Å². The van der Waals surface area contributed by atoms with E-state index in [1.807, 2.05) is 38.1 Å². The quantitative estimate of drug-likeness (QED) is 0.889. The molecular formula is C19H31N3O2. The first-order valence-electron chi connectivity index (χ1n) is 8.97. The van der Waals surface area contributed by atoms with Gasteiger partial charge < -0.3 is 19.9 Å². The van der Waals surface area contributed by atoms with Gasteiger partial charge in [0.15, 0.2) is 0 Å². The molecule has 1 heterocycles. The summed E-state index contributed by atoms with van der Waals surface area (Å²) in [6, 6.07) is 6.00. The Morgan fingerprint density at radius 3 is 2.83 bits per heavy atom. The number of hydrogen-bond donors (Lipinski definition) is 1. The van der Waals surface area contributed by atoms with E-state index in [1.54, 1.807) is 0 Å². The summed E-state index contributed by atoms with van der Waals surface area (Å²) in [5.41, 5.74) is 3.10. The lowest BCUT2D eigenvalue weighted by Gasteiger charge is -2.23. The lowest BCUT2D eigenvalue weighted by molar-refractivity contribution is 0.0446. The van der Waals surface area contributed by atoms with Gasteiger partial charge in [-0.3, -0.25) is 0 Å². The molecule has 1 aliphatic heterocycles. The van der Waals surface area contributed by atoms with Gasteiger partial charge in [-0.15, -0.1) is 0 Å². The minimum absolute atomic E-state index is 0.00912. The highest BCUT2D eigenvalue weighted by molar-refractivity contribution is 5.91. The van der Waals surface area contributed by atoms with Crippen molar-refractivity contribution in [1.82, 2.24) is 4.90 Å². The van der Waals surface area contributed by atoms with Crippen molar-refractivity contribution >= 4 is 17.4 Å². The highest BCUT2D eigenvalue weighted by atomic mass is 16.5. The summed E-state index contributed by atoms with van der Waals surface area (Å²) in [4.78, 5) is 16.6. The monoisotopic (exact) mass is 333 g/mol. The minimum Gasteiger partial charge on any atom is -0.378 e. The highest BCUT2D eigenvalue weighted by Crippen LogP contribution is 2.25. The van der Waals surface area contributed by atoms with Crippen LogP contribution in [0, 0.1) is 6.92 Å². The molecule has 134 valence electrons. The van der Waals surface area contributed by atoms with Crippen molar-refractivity contribution in [3.8, 4) is 0 Å². The number of nitrogens with one attached hydrogen (secondary N) is 1. The molecule has 0 saturated carbocycles. The van der Waals surface area contributed by atoms with E-state index in [9.17, 15) is 4.79 Å². The van der Waals surface area contributed by atoms with Crippen molar-refractivity contribution < 1.29 is 9.53 Å². The molecule has 0 bridgehead atoms. The number of hydrogen-bond acceptors (Lipinski definition) is 3. The van der Waals surface area contributed by atoms with Gasteiger partial charge in [0.25, 0.3) is 0 Å². The summed E-state index contributed by atoms with van der Waals surface area (Å²) in [6.45, 7) is 6.53. The van der Waals surface area contributed by atoms with Crippen LogP contribution >= 0.6 is 0 Å². The summed E-state index contributed by atoms with van der Waals surface area (Å²) in [6.07, 6.45) is 4.30. The van der Waals surface area contributed by atoms with Crippen molar-refractivity contribution in [2.75, 3.05) is 44.0 Å². The number of benzene rings is 1. The zero-order chi connectivity index (χ0) is 17.5. The Kier molecular flexibility index (Phi) is 6.91. The maximum absolute atomic E-state index is 12.6. The predicted octanol–water partition coefficient (Wildman–Crippen LogP) is 3.87. The van der Waals surface area contributed by atoms with Crippen LogP contribution in [0.25, 0.3) is 0 Å². The molecule has 0 spiro atoms. The number of urea groups is 1. The molecule has 2 rings (SSSR count). The molecule has 2 amide bonds. The average Bonchev–Trinajstić information content (AvgIpc) is 2.80. The Labute approximate surface area is 146 Å². The molecule has 0 aliphatic carbocycles. The molecule has 0 radical (unpaired) electrons. The fraction of sp³-hybridized carbons (Fsp3) is 0.632. The van der Waals surface area contributed by atoms with Gasteiger partial charge in [0.1, 0.15) is 0 Å². The lowest BCUT2D eigenvalue weighted by atomic mass is 10.1. The minimum atomic E-state index is -0.00912. The predicted molar refractivity (Wildman–Crippen MR) is 100.0 cm³/mol. The van der Waals surface area contributed by atoms with E-state index in [4.69, 9.17) is 4.74 Å². The summed E-state index contributed by atoms with van der Waals surface area (Å²) in [5, 5.41) is 3.08. The summed E-state index contributed by atoms with van der Waals surface area (Å²) in [7, 11) is 4.03. The van der Waals surface area contributed by atoms with Crippen molar-refractivity contribution in [3.63, 3.8) is 0 Å². The van der Waals surface area contributed by atoms with E-state index >= 15 is 0 Å². The van der Waals surface area contributed by atoms with Crippen LogP contribution < -0.4 is 10.2 Å². The Balaban J connectivity index is 1.96. The molecular weight excluding hydrogens is 302 g/mol. The third kappa shape index (κ3) is 4.87. The number of amides is 2. The molecule has 1 aromatic carbocycles. The number of nitrogens with zero attached hydrogens (tertiary/aromatic N) is 2. The zero-order valence-corrected chi connectivity index (χ0v) is 15.5. The molecule has 1 atom stereocenters. The molecule has 1 N–H and O–H groups in total. The second kappa shape index (κ2) is 8.92. The molecule has 0 aromatic heterocycles. The van der Waals surface area contributed by atoms with E-state index < -0.39 is 0 Å². The fourth-order valence-electron chi connectivity index (χ4n) is 3.16. The smallest absolute Gasteiger partial charge is 0.321 e. The van der Waals surface area contributed by atoms with Crippen molar-refractivity contribution in [2.24, 2.45) is 0 Å². The number of carbonyl (C=O) groups is 1. The van der Waals surface area contributed by atoms with Crippen LogP contribution in [0.4, 0.5) is 16.2 Å². The number of ether oxygens (including phenoxy) is 1. The van der Waals surface area contributed by atoms with Gasteiger partial charge in [-0.2, -0.15) is 0 Å². The lowest BCUT2D eigenvalue weighted by Crippen LogP contribution is -2.36. The van der Waals surface area contributed by atoms with Crippen LogP contribution in [0.1, 0.15) is 38.2 Å². The van der Waals surface area contributed by atoms with Gasteiger partial charge in [-0.1, -0.05) is 13.0 Å². The summed E-state index contributed by atoms with van der Waals surface area (Å²) >= 11 is 0. The van der Waals surface area contributed by atoms with Crippen molar-refractivity contribution in [3.05, 3.63) is 23.8 Å². The second-order valence-electron chi connectivity index (χ2n) is 6.69.